The summed E-state index contributed by atoms with van der Waals surface area (Å²) in [5.41, 5.74) is -0.594. The van der Waals surface area contributed by atoms with E-state index < -0.39 is 23.1 Å². The molecule has 5 N–H and O–H groups in total. The first-order valence-electron chi connectivity index (χ1n) is 5.87. The molecule has 0 bridgehead atoms. The molecule has 1 heterocycles. The highest BCUT2D eigenvalue weighted by Crippen LogP contribution is 2.47. The maximum absolute atomic E-state index is 12.3. The second-order valence-electron chi connectivity index (χ2n) is 4.61. The number of ether oxygens (including phenoxy) is 1. The van der Waals surface area contributed by atoms with Crippen molar-refractivity contribution in [2.24, 2.45) is 0 Å². The summed E-state index contributed by atoms with van der Waals surface area (Å²) in [6, 6.07) is 5.20. The summed E-state index contributed by atoms with van der Waals surface area (Å²) in [4.78, 5) is 12.3. The van der Waals surface area contributed by atoms with E-state index in [1.54, 1.807) is 0 Å². The van der Waals surface area contributed by atoms with Gasteiger partial charge in [0.15, 0.2) is 0 Å². The van der Waals surface area contributed by atoms with Crippen LogP contribution in [0.15, 0.2) is 30.3 Å². The van der Waals surface area contributed by atoms with Crippen molar-refractivity contribution < 1.29 is 35.1 Å². The van der Waals surface area contributed by atoms with Crippen molar-refractivity contribution in [1.29, 1.82) is 0 Å². The monoisotopic (exact) mass is 290 g/mol. The first-order valence-corrected chi connectivity index (χ1v) is 5.87. The van der Waals surface area contributed by atoms with E-state index in [0.717, 1.165) is 30.3 Å². The van der Waals surface area contributed by atoms with Crippen LogP contribution in [-0.4, -0.2) is 31.3 Å². The predicted octanol–water partition coefficient (Wildman–Crippen LogP) is 0.929. The zero-order chi connectivity index (χ0) is 15.4. The molecule has 0 amide bonds. The topological polar surface area (TPSA) is 127 Å². The molecule has 3 rings (SSSR count). The second kappa shape index (κ2) is 4.03. The van der Waals surface area contributed by atoms with Gasteiger partial charge in [0, 0.05) is 18.2 Å². The van der Waals surface area contributed by atoms with Gasteiger partial charge >= 0.3 is 5.79 Å². The molecule has 1 unspecified atom stereocenters. The number of phenolic OH excluding ortho intramolecular Hbond substituents is 4. The van der Waals surface area contributed by atoms with E-state index in [9.17, 15) is 30.3 Å². The molecule has 2 aromatic rings. The molecule has 7 nitrogen and oxygen atoms in total. The normalized spacial score (nSPS) is 20.1. The van der Waals surface area contributed by atoms with Gasteiger partial charge in [-0.05, 0) is 12.1 Å². The highest BCUT2D eigenvalue weighted by molar-refractivity contribution is 6.09. The Labute approximate surface area is 117 Å². The van der Waals surface area contributed by atoms with Gasteiger partial charge in [-0.25, -0.2) is 0 Å². The fraction of sp³-hybridized carbons (Fsp3) is 0.0714. The highest BCUT2D eigenvalue weighted by Gasteiger charge is 2.51. The number of Topliss-reactive ketones (excluding diaryl/α,β-unsaturated/α-hetero) is 1. The van der Waals surface area contributed by atoms with Crippen LogP contribution in [0.2, 0.25) is 0 Å². The average molecular weight is 290 g/mol. The first kappa shape index (κ1) is 13.1. The zero-order valence-corrected chi connectivity index (χ0v) is 10.4. The van der Waals surface area contributed by atoms with E-state index in [1.165, 1.54) is 0 Å². The quantitative estimate of drug-likeness (QED) is 0.528. The van der Waals surface area contributed by atoms with Gasteiger partial charge in [0.25, 0.3) is 0 Å². The lowest BCUT2D eigenvalue weighted by Gasteiger charge is -2.21. The van der Waals surface area contributed by atoms with Crippen LogP contribution < -0.4 is 4.74 Å². The van der Waals surface area contributed by atoms with E-state index in [-0.39, 0.29) is 28.4 Å². The van der Waals surface area contributed by atoms with Crippen molar-refractivity contribution in [3.8, 4) is 28.7 Å². The van der Waals surface area contributed by atoms with Crippen molar-refractivity contribution >= 4 is 5.78 Å². The molecule has 0 spiro atoms. The van der Waals surface area contributed by atoms with E-state index in [0.29, 0.717) is 0 Å². The smallest absolute Gasteiger partial charge is 0.303 e. The number of benzene rings is 2. The Morgan fingerprint density at radius 2 is 1.57 bits per heavy atom. The largest absolute Gasteiger partial charge is 0.508 e. The second-order valence-corrected chi connectivity index (χ2v) is 4.61. The number of fused-ring (bicyclic) bond motifs is 1. The molecule has 1 aliphatic heterocycles. The Hall–Kier alpha value is -2.93. The molecule has 108 valence electrons. The fourth-order valence-electron chi connectivity index (χ4n) is 2.25. The maximum Gasteiger partial charge on any atom is 0.303 e. The van der Waals surface area contributed by atoms with Gasteiger partial charge < -0.3 is 30.3 Å². The summed E-state index contributed by atoms with van der Waals surface area (Å²) in [5.74, 6) is -5.47. The van der Waals surface area contributed by atoms with Gasteiger partial charge in [-0.3, -0.25) is 4.79 Å². The van der Waals surface area contributed by atoms with E-state index in [1.807, 2.05) is 0 Å². The minimum Gasteiger partial charge on any atom is -0.508 e. The van der Waals surface area contributed by atoms with Crippen LogP contribution in [0, 0.1) is 0 Å². The lowest BCUT2D eigenvalue weighted by molar-refractivity contribution is -0.0971. The lowest BCUT2D eigenvalue weighted by Crippen LogP contribution is -2.36. The molecule has 0 aromatic heterocycles. The van der Waals surface area contributed by atoms with Crippen LogP contribution in [-0.2, 0) is 5.79 Å². The number of carbonyl (C=O) groups excluding carboxylic acids is 1. The number of aromatic hydroxyl groups is 4. The van der Waals surface area contributed by atoms with Crippen LogP contribution in [0.25, 0.3) is 0 Å². The molecule has 0 saturated carbocycles. The summed E-state index contributed by atoms with van der Waals surface area (Å²) < 4.78 is 5.12. The van der Waals surface area contributed by atoms with Gasteiger partial charge in [0.2, 0.25) is 5.78 Å². The van der Waals surface area contributed by atoms with Crippen LogP contribution in [0.1, 0.15) is 15.9 Å². The number of hydrogen-bond donors (Lipinski definition) is 5. The number of aliphatic hydroxyl groups is 1. The van der Waals surface area contributed by atoms with Crippen LogP contribution >= 0.6 is 0 Å². The number of phenols is 4. The van der Waals surface area contributed by atoms with Crippen LogP contribution in [0.5, 0.6) is 28.7 Å². The average Bonchev–Trinajstić information content (AvgIpc) is 2.61. The number of carbonyl (C=O) groups is 1. The Balaban J connectivity index is 2.17. The standard InChI is InChI=1S/C14H10O7/c15-6-1-2-8(9(17)3-6)14(20)13(19)12-10(18)4-7(16)5-11(12)21-14/h1-5,15-18,20H. The summed E-state index contributed by atoms with van der Waals surface area (Å²) in [6.07, 6.45) is 0. The molecule has 0 fully saturated rings. The van der Waals surface area contributed by atoms with E-state index in [4.69, 9.17) is 4.74 Å². The fourth-order valence-corrected chi connectivity index (χ4v) is 2.25. The molecule has 21 heavy (non-hydrogen) atoms. The van der Waals surface area contributed by atoms with E-state index >= 15 is 0 Å². The number of hydrogen-bond acceptors (Lipinski definition) is 7. The number of ketones is 1. The molecule has 0 saturated heterocycles. The molecule has 2 aromatic carbocycles. The van der Waals surface area contributed by atoms with Gasteiger partial charge in [0.1, 0.15) is 34.3 Å². The number of rotatable bonds is 1. The third-order valence-corrected chi connectivity index (χ3v) is 3.21. The Kier molecular flexibility index (Phi) is 2.51. The molecule has 0 radical (unpaired) electrons. The summed E-state index contributed by atoms with van der Waals surface area (Å²) >= 11 is 0. The third kappa shape index (κ3) is 1.75. The summed E-state index contributed by atoms with van der Waals surface area (Å²) in [6.45, 7) is 0. The van der Waals surface area contributed by atoms with E-state index in [2.05, 4.69) is 0 Å². The molecule has 0 aliphatic carbocycles. The van der Waals surface area contributed by atoms with Gasteiger partial charge in [-0.1, -0.05) is 0 Å². The Bertz CT molecular complexity index is 768. The Morgan fingerprint density at radius 1 is 0.905 bits per heavy atom. The molecule has 1 atom stereocenters. The first-order chi connectivity index (χ1) is 9.83. The minimum absolute atomic E-state index is 0.215. The van der Waals surface area contributed by atoms with Crippen molar-refractivity contribution in [3.05, 3.63) is 41.5 Å². The summed E-state index contributed by atoms with van der Waals surface area (Å²) in [5, 5.41) is 48.5. The molecular weight excluding hydrogens is 280 g/mol. The zero-order valence-electron chi connectivity index (χ0n) is 10.4. The van der Waals surface area contributed by atoms with Crippen molar-refractivity contribution in [3.63, 3.8) is 0 Å². The minimum atomic E-state index is -2.55. The highest BCUT2D eigenvalue weighted by atomic mass is 16.6. The predicted molar refractivity (Wildman–Crippen MR) is 68.4 cm³/mol. The summed E-state index contributed by atoms with van der Waals surface area (Å²) in [7, 11) is 0. The van der Waals surface area contributed by atoms with Gasteiger partial charge in [-0.2, -0.15) is 0 Å². The SMILES string of the molecule is O=C1c2c(O)cc(O)cc2OC1(O)c1ccc(O)cc1O. The maximum atomic E-state index is 12.3. The van der Waals surface area contributed by atoms with Gasteiger partial charge in [-0.15, -0.1) is 0 Å². The third-order valence-electron chi connectivity index (χ3n) is 3.21. The van der Waals surface area contributed by atoms with Crippen molar-refractivity contribution in [1.82, 2.24) is 0 Å². The van der Waals surface area contributed by atoms with Crippen molar-refractivity contribution in [2.75, 3.05) is 0 Å². The van der Waals surface area contributed by atoms with Crippen LogP contribution in [0.4, 0.5) is 0 Å². The van der Waals surface area contributed by atoms with Crippen molar-refractivity contribution in [2.45, 2.75) is 5.79 Å². The lowest BCUT2D eigenvalue weighted by atomic mass is 9.97. The molecule has 7 heteroatoms. The Morgan fingerprint density at radius 3 is 2.24 bits per heavy atom. The van der Waals surface area contributed by atoms with Gasteiger partial charge in [0.05, 0.1) is 5.56 Å². The molecular formula is C14H10O7. The van der Waals surface area contributed by atoms with Crippen LogP contribution in [0.3, 0.4) is 0 Å². The molecule has 1 aliphatic rings.